The highest BCUT2D eigenvalue weighted by Crippen LogP contribution is 2.30. The number of nitrogens with two attached hydrogens (primary N) is 1. The highest BCUT2D eigenvalue weighted by Gasteiger charge is 2.32. The van der Waals surface area contributed by atoms with Crippen molar-refractivity contribution in [2.24, 2.45) is 5.73 Å². The fraction of sp³-hybridized carbons (Fsp3) is 0.200. The van der Waals surface area contributed by atoms with Crippen molar-refractivity contribution in [1.29, 1.82) is 0 Å². The molecule has 24 heavy (non-hydrogen) atoms. The summed E-state index contributed by atoms with van der Waals surface area (Å²) >= 11 is 0. The number of halogens is 3. The summed E-state index contributed by atoms with van der Waals surface area (Å²) in [5, 5.41) is 0. The Bertz CT molecular complexity index is 680. The Morgan fingerprint density at radius 2 is 2.04 bits per heavy atom. The average Bonchev–Trinajstić information content (AvgIpc) is 2.56. The molecule has 1 aromatic heterocycles. The molecule has 0 saturated heterocycles. The number of hydrogen-bond donors (Lipinski definition) is 1. The summed E-state index contributed by atoms with van der Waals surface area (Å²) in [7, 11) is 1.42. The molecule has 0 bridgehead atoms. The molecule has 0 atom stereocenters. The maximum absolute atomic E-state index is 12.5. The minimum Gasteiger partial charge on any atom is -0.456 e. The van der Waals surface area contributed by atoms with E-state index in [2.05, 4.69) is 4.98 Å². The van der Waals surface area contributed by atoms with Gasteiger partial charge in [0.15, 0.2) is 0 Å². The largest absolute Gasteiger partial charge is 0.456 e. The van der Waals surface area contributed by atoms with Gasteiger partial charge in [-0.05, 0) is 30.7 Å². The first-order chi connectivity index (χ1) is 11.4. The van der Waals surface area contributed by atoms with Crippen molar-refractivity contribution < 1.29 is 22.7 Å². The minimum atomic E-state index is -4.49. The number of alkyl halides is 3. The van der Waals surface area contributed by atoms with E-state index < -0.39 is 11.9 Å². The molecular formula is C15H14BF3N3O2. The van der Waals surface area contributed by atoms with E-state index in [0.717, 1.165) is 12.3 Å². The molecule has 2 aromatic rings. The van der Waals surface area contributed by atoms with Gasteiger partial charge < -0.3 is 20.2 Å². The summed E-state index contributed by atoms with van der Waals surface area (Å²) in [5.74, 6) is 0.595. The van der Waals surface area contributed by atoms with Gasteiger partial charge in [-0.3, -0.25) is 0 Å². The molecular weight excluding hydrogens is 322 g/mol. The zero-order valence-corrected chi connectivity index (χ0v) is 12.5. The van der Waals surface area contributed by atoms with Gasteiger partial charge in [0.05, 0.1) is 19.1 Å². The first-order valence-corrected chi connectivity index (χ1v) is 6.97. The molecule has 9 heteroatoms. The molecule has 5 nitrogen and oxygen atoms in total. The van der Waals surface area contributed by atoms with Crippen LogP contribution < -0.4 is 15.4 Å². The van der Waals surface area contributed by atoms with E-state index in [1.165, 1.54) is 13.3 Å². The monoisotopic (exact) mass is 336 g/mol. The van der Waals surface area contributed by atoms with Crippen LogP contribution in [0.5, 0.6) is 11.5 Å². The predicted molar refractivity (Wildman–Crippen MR) is 84.7 cm³/mol. The Kier molecular flexibility index (Phi) is 5.80. The fourth-order valence-electron chi connectivity index (χ4n) is 1.94. The first-order valence-electron chi connectivity index (χ1n) is 6.97. The van der Waals surface area contributed by atoms with E-state index in [-0.39, 0.29) is 12.4 Å². The Balaban J connectivity index is 2.12. The number of carbonyl (C=O) groups is 1. The topological polar surface area (TPSA) is 68.5 Å². The molecule has 0 unspecified atom stereocenters. The summed E-state index contributed by atoms with van der Waals surface area (Å²) in [6, 6.07) is 8.87. The van der Waals surface area contributed by atoms with Gasteiger partial charge in [-0.1, -0.05) is 6.07 Å². The van der Waals surface area contributed by atoms with Crippen molar-refractivity contribution in [3.05, 3.63) is 48.3 Å². The number of pyridine rings is 1. The number of nitrogens with zero attached hydrogens (tertiary/aromatic N) is 2. The summed E-state index contributed by atoms with van der Waals surface area (Å²) in [6.07, 6.45) is -2.46. The van der Waals surface area contributed by atoms with Crippen LogP contribution in [0.2, 0.25) is 0 Å². The zero-order valence-electron chi connectivity index (χ0n) is 12.5. The summed E-state index contributed by atoms with van der Waals surface area (Å²) in [5.41, 5.74) is 5.37. The van der Waals surface area contributed by atoms with Crippen molar-refractivity contribution in [1.82, 2.24) is 4.98 Å². The smallest absolute Gasteiger partial charge is 0.433 e. The standard InChI is InChI=1S/C15H14BF3N3O2/c17-15(18,19)14-5-4-13(7-21-14)24-12-3-1-2-11(6-12)22(10-20)8-16-9-23/h1-7,9H,8,10,20H2. The second-order valence-corrected chi connectivity index (χ2v) is 4.75. The Labute approximate surface area is 137 Å². The predicted octanol–water partition coefficient (Wildman–Crippen LogP) is 2.47. The van der Waals surface area contributed by atoms with E-state index in [4.69, 9.17) is 10.5 Å². The highest BCUT2D eigenvalue weighted by atomic mass is 19.4. The van der Waals surface area contributed by atoms with Crippen molar-refractivity contribution in [3.8, 4) is 11.5 Å². The number of benzene rings is 1. The molecule has 0 spiro atoms. The van der Waals surface area contributed by atoms with Crippen molar-refractivity contribution >= 4 is 19.2 Å². The molecule has 0 saturated carbocycles. The van der Waals surface area contributed by atoms with Crippen LogP contribution in [-0.2, 0) is 11.0 Å². The summed E-state index contributed by atoms with van der Waals surface area (Å²) in [4.78, 5) is 15.5. The maximum Gasteiger partial charge on any atom is 0.433 e. The van der Waals surface area contributed by atoms with Crippen LogP contribution >= 0.6 is 0 Å². The Hall–Kier alpha value is -2.55. The van der Waals surface area contributed by atoms with Gasteiger partial charge in [-0.25, -0.2) is 4.98 Å². The van der Waals surface area contributed by atoms with Gasteiger partial charge in [0, 0.05) is 11.8 Å². The second-order valence-electron chi connectivity index (χ2n) is 4.75. The second kappa shape index (κ2) is 7.82. The van der Waals surface area contributed by atoms with E-state index >= 15 is 0 Å². The third-order valence-electron chi connectivity index (χ3n) is 3.09. The quantitative estimate of drug-likeness (QED) is 0.478. The lowest BCUT2D eigenvalue weighted by Gasteiger charge is -2.22. The number of rotatable bonds is 7. The SMILES string of the molecule is NCN(C[B]C=O)c1cccc(Oc2ccc(C(F)(F)F)nc2)c1. The van der Waals surface area contributed by atoms with Gasteiger partial charge in [-0.15, -0.1) is 0 Å². The van der Waals surface area contributed by atoms with Crippen LogP contribution in [0.25, 0.3) is 0 Å². The molecule has 2 rings (SSSR count). The maximum atomic E-state index is 12.5. The van der Waals surface area contributed by atoms with Crippen LogP contribution in [-0.4, -0.2) is 31.6 Å². The zero-order chi connectivity index (χ0) is 17.6. The van der Waals surface area contributed by atoms with Gasteiger partial charge >= 0.3 is 6.18 Å². The number of anilines is 1. The molecule has 0 aliphatic heterocycles. The van der Waals surface area contributed by atoms with Crippen molar-refractivity contribution in [2.45, 2.75) is 6.18 Å². The molecule has 0 fully saturated rings. The molecule has 0 aliphatic carbocycles. The molecule has 1 heterocycles. The lowest BCUT2D eigenvalue weighted by atomic mass is 9.81. The molecule has 1 radical (unpaired) electrons. The molecule has 0 amide bonds. The fourth-order valence-corrected chi connectivity index (χ4v) is 1.94. The molecule has 0 aliphatic rings. The van der Waals surface area contributed by atoms with Crippen LogP contribution in [0.4, 0.5) is 18.9 Å². The number of aromatic nitrogens is 1. The first kappa shape index (κ1) is 17.8. The van der Waals surface area contributed by atoms with Crippen molar-refractivity contribution in [3.63, 3.8) is 0 Å². The third kappa shape index (κ3) is 4.72. The summed E-state index contributed by atoms with van der Waals surface area (Å²) < 4.78 is 43.0. The van der Waals surface area contributed by atoms with Crippen LogP contribution in [0.15, 0.2) is 42.6 Å². The van der Waals surface area contributed by atoms with Gasteiger partial charge in [0.1, 0.15) is 17.2 Å². The van der Waals surface area contributed by atoms with E-state index in [0.29, 0.717) is 24.1 Å². The number of hydrogen-bond acceptors (Lipinski definition) is 5. The third-order valence-corrected chi connectivity index (χ3v) is 3.09. The van der Waals surface area contributed by atoms with Gasteiger partial charge in [-0.2, -0.15) is 13.2 Å². The minimum absolute atomic E-state index is 0.180. The highest BCUT2D eigenvalue weighted by molar-refractivity contribution is 6.67. The van der Waals surface area contributed by atoms with Crippen LogP contribution in [0, 0.1) is 0 Å². The van der Waals surface area contributed by atoms with Crippen molar-refractivity contribution in [2.75, 3.05) is 18.0 Å². The summed E-state index contributed by atoms with van der Waals surface area (Å²) in [6.45, 7) is 0.190. The Morgan fingerprint density at radius 1 is 1.25 bits per heavy atom. The normalized spacial score (nSPS) is 11.0. The average molecular weight is 336 g/mol. The molecule has 2 N–H and O–H groups in total. The van der Waals surface area contributed by atoms with Crippen LogP contribution in [0.1, 0.15) is 5.69 Å². The van der Waals surface area contributed by atoms with E-state index in [1.54, 1.807) is 29.2 Å². The van der Waals surface area contributed by atoms with E-state index in [9.17, 15) is 18.0 Å². The lowest BCUT2D eigenvalue weighted by molar-refractivity contribution is -0.141. The molecule has 1 aromatic carbocycles. The van der Waals surface area contributed by atoms with E-state index in [1.807, 2.05) is 0 Å². The van der Waals surface area contributed by atoms with Gasteiger partial charge in [0.2, 0.25) is 7.28 Å². The molecule has 125 valence electrons. The number of ether oxygens (including phenoxy) is 1. The van der Waals surface area contributed by atoms with Gasteiger partial charge in [0.25, 0.3) is 0 Å². The lowest BCUT2D eigenvalue weighted by Crippen LogP contribution is -2.34. The Morgan fingerprint density at radius 3 is 2.62 bits per heavy atom. The number of carbonyl (C=O) groups excluding carboxylic acids is 1. The van der Waals surface area contributed by atoms with Crippen LogP contribution in [0.3, 0.4) is 0 Å².